The van der Waals surface area contributed by atoms with Gasteiger partial charge in [-0.2, -0.15) is 5.10 Å². The summed E-state index contributed by atoms with van der Waals surface area (Å²) in [7, 11) is 0. The maximum absolute atomic E-state index is 12.4. The number of nitrogens with zero attached hydrogens (tertiary/aromatic N) is 3. The fourth-order valence-electron chi connectivity index (χ4n) is 2.39. The summed E-state index contributed by atoms with van der Waals surface area (Å²) < 4.78 is 1.45. The van der Waals surface area contributed by atoms with Crippen molar-refractivity contribution in [2.24, 2.45) is 0 Å². The molecule has 0 fully saturated rings. The zero-order valence-corrected chi connectivity index (χ0v) is 15.0. The molecule has 9 heteroatoms. The lowest BCUT2D eigenvalue weighted by molar-refractivity contribution is -0.385. The molecule has 132 valence electrons. The predicted octanol–water partition coefficient (Wildman–Crippen LogP) is 4.65. The number of anilines is 1. The molecule has 1 N–H and O–H groups in total. The molecular formula is C17H12Cl2N4O3. The number of aromatic nitrogens is 2. The Morgan fingerprint density at radius 2 is 2.04 bits per heavy atom. The van der Waals surface area contributed by atoms with Crippen LogP contribution in [-0.4, -0.2) is 20.6 Å². The minimum absolute atomic E-state index is 0.0635. The number of carbonyl (C=O) groups excluding carboxylic acids is 1. The van der Waals surface area contributed by atoms with Crippen LogP contribution in [0.15, 0.2) is 48.8 Å². The van der Waals surface area contributed by atoms with Crippen LogP contribution in [0.4, 0.5) is 11.4 Å². The van der Waals surface area contributed by atoms with Gasteiger partial charge in [-0.15, -0.1) is 0 Å². The molecule has 7 nitrogen and oxygen atoms in total. The van der Waals surface area contributed by atoms with Crippen LogP contribution >= 0.6 is 23.2 Å². The highest BCUT2D eigenvalue weighted by Crippen LogP contribution is 2.26. The predicted molar refractivity (Wildman–Crippen MR) is 99.4 cm³/mol. The minimum Gasteiger partial charge on any atom is -0.321 e. The second-order valence-corrected chi connectivity index (χ2v) is 6.27. The van der Waals surface area contributed by atoms with Crippen LogP contribution < -0.4 is 5.32 Å². The zero-order valence-electron chi connectivity index (χ0n) is 13.4. The van der Waals surface area contributed by atoms with Crippen LogP contribution in [0.1, 0.15) is 15.9 Å². The highest BCUT2D eigenvalue weighted by molar-refractivity contribution is 6.35. The van der Waals surface area contributed by atoms with Crippen molar-refractivity contribution in [2.75, 3.05) is 5.32 Å². The van der Waals surface area contributed by atoms with E-state index in [0.717, 1.165) is 0 Å². The van der Waals surface area contributed by atoms with Crippen LogP contribution in [-0.2, 0) is 0 Å². The fourth-order valence-corrected chi connectivity index (χ4v) is 2.89. The van der Waals surface area contributed by atoms with Gasteiger partial charge in [0.1, 0.15) is 0 Å². The Morgan fingerprint density at radius 3 is 2.73 bits per heavy atom. The summed E-state index contributed by atoms with van der Waals surface area (Å²) in [6.07, 6.45) is 2.89. The Bertz CT molecular complexity index is 1020. The molecule has 0 aliphatic heterocycles. The van der Waals surface area contributed by atoms with Gasteiger partial charge in [-0.05, 0) is 31.2 Å². The van der Waals surface area contributed by atoms with Crippen molar-refractivity contribution in [1.29, 1.82) is 0 Å². The van der Waals surface area contributed by atoms with E-state index in [2.05, 4.69) is 10.4 Å². The lowest BCUT2D eigenvalue weighted by atomic mass is 10.1. The molecule has 0 spiro atoms. The molecule has 1 heterocycles. The van der Waals surface area contributed by atoms with Crippen molar-refractivity contribution in [3.63, 3.8) is 0 Å². The molecule has 1 amide bonds. The van der Waals surface area contributed by atoms with Gasteiger partial charge in [0.2, 0.25) is 0 Å². The summed E-state index contributed by atoms with van der Waals surface area (Å²) in [5.74, 6) is -0.440. The number of benzene rings is 2. The van der Waals surface area contributed by atoms with Crippen molar-refractivity contribution in [2.45, 2.75) is 6.92 Å². The van der Waals surface area contributed by atoms with Gasteiger partial charge in [0.25, 0.3) is 11.6 Å². The molecule has 0 bridgehead atoms. The van der Waals surface area contributed by atoms with Crippen molar-refractivity contribution >= 4 is 40.5 Å². The number of nitro benzene ring substituents is 1. The normalized spacial score (nSPS) is 10.6. The van der Waals surface area contributed by atoms with E-state index in [1.807, 2.05) is 0 Å². The van der Waals surface area contributed by atoms with Crippen LogP contribution in [0, 0.1) is 17.0 Å². The average Bonchev–Trinajstić information content (AvgIpc) is 3.06. The summed E-state index contributed by atoms with van der Waals surface area (Å²) >= 11 is 12.0. The third-order valence-electron chi connectivity index (χ3n) is 3.75. The minimum atomic E-state index is -0.494. The van der Waals surface area contributed by atoms with E-state index in [1.54, 1.807) is 31.2 Å². The second-order valence-electron chi connectivity index (χ2n) is 5.43. The Labute approximate surface area is 158 Å². The molecular weight excluding hydrogens is 379 g/mol. The van der Waals surface area contributed by atoms with E-state index in [4.69, 9.17) is 23.2 Å². The topological polar surface area (TPSA) is 90.1 Å². The largest absolute Gasteiger partial charge is 0.321 e. The van der Waals surface area contributed by atoms with Crippen molar-refractivity contribution in [3.8, 4) is 5.69 Å². The van der Waals surface area contributed by atoms with E-state index in [9.17, 15) is 14.9 Å². The number of nitrogens with one attached hydrogen (secondary N) is 1. The smallest absolute Gasteiger partial charge is 0.274 e. The zero-order chi connectivity index (χ0) is 18.8. The number of rotatable bonds is 4. The molecule has 0 aliphatic carbocycles. The lowest BCUT2D eigenvalue weighted by Gasteiger charge is -2.07. The van der Waals surface area contributed by atoms with Gasteiger partial charge < -0.3 is 5.32 Å². The summed E-state index contributed by atoms with van der Waals surface area (Å²) in [5, 5.41) is 18.7. The van der Waals surface area contributed by atoms with Gasteiger partial charge in [0.05, 0.1) is 38.6 Å². The maximum atomic E-state index is 12.4. The Morgan fingerprint density at radius 1 is 1.27 bits per heavy atom. The second kappa shape index (κ2) is 7.15. The molecule has 0 unspecified atom stereocenters. The highest BCUT2D eigenvalue weighted by Gasteiger charge is 2.17. The monoisotopic (exact) mass is 390 g/mol. The fraction of sp³-hybridized carbons (Fsp3) is 0.0588. The Hall–Kier alpha value is -2.90. The van der Waals surface area contributed by atoms with Gasteiger partial charge in [-0.3, -0.25) is 14.9 Å². The molecule has 3 rings (SSSR count). The first kappa shape index (κ1) is 17.9. The summed E-state index contributed by atoms with van der Waals surface area (Å²) in [6.45, 7) is 1.57. The Kier molecular flexibility index (Phi) is 4.92. The Balaban J connectivity index is 1.85. The molecule has 3 aromatic rings. The standard InChI is InChI=1S/C17H12Cl2N4O3/c1-10-14(3-2-4-15(10)23(25)26)21-17(24)11-8-20-22(9-11)16-6-5-12(18)7-13(16)19/h2-9H,1H3,(H,21,24). The molecule has 0 radical (unpaired) electrons. The first-order chi connectivity index (χ1) is 12.4. The van der Waals surface area contributed by atoms with Crippen molar-refractivity contribution in [1.82, 2.24) is 9.78 Å². The third-order valence-corrected chi connectivity index (χ3v) is 4.29. The summed E-state index contributed by atoms with van der Waals surface area (Å²) in [4.78, 5) is 23.0. The molecule has 0 aliphatic rings. The summed E-state index contributed by atoms with van der Waals surface area (Å²) in [6, 6.07) is 9.41. The summed E-state index contributed by atoms with van der Waals surface area (Å²) in [5.41, 5.74) is 1.52. The maximum Gasteiger partial charge on any atom is 0.274 e. The molecule has 0 saturated carbocycles. The van der Waals surface area contributed by atoms with Gasteiger partial charge >= 0.3 is 0 Å². The first-order valence-electron chi connectivity index (χ1n) is 7.42. The van der Waals surface area contributed by atoms with E-state index < -0.39 is 10.8 Å². The third kappa shape index (κ3) is 3.54. The van der Waals surface area contributed by atoms with Crippen LogP contribution in [0.25, 0.3) is 5.69 Å². The van der Waals surface area contributed by atoms with Gasteiger partial charge in [-0.25, -0.2) is 4.68 Å². The molecule has 2 aromatic carbocycles. The van der Waals surface area contributed by atoms with Gasteiger partial charge in [-0.1, -0.05) is 29.3 Å². The number of halogens is 2. The van der Waals surface area contributed by atoms with Gasteiger partial charge in [0.15, 0.2) is 0 Å². The molecule has 1 aromatic heterocycles. The van der Waals surface area contributed by atoms with Crippen molar-refractivity contribution in [3.05, 3.63) is 80.1 Å². The molecule has 26 heavy (non-hydrogen) atoms. The number of amides is 1. The average molecular weight is 391 g/mol. The number of carbonyl (C=O) groups is 1. The van der Waals surface area contributed by atoms with Crippen LogP contribution in [0.5, 0.6) is 0 Å². The van der Waals surface area contributed by atoms with Crippen LogP contribution in [0.3, 0.4) is 0 Å². The van der Waals surface area contributed by atoms with E-state index in [1.165, 1.54) is 29.2 Å². The number of hydrogen-bond donors (Lipinski definition) is 1. The molecule has 0 saturated heterocycles. The van der Waals surface area contributed by atoms with E-state index in [-0.39, 0.29) is 11.3 Å². The SMILES string of the molecule is Cc1c(NC(=O)c2cnn(-c3ccc(Cl)cc3Cl)c2)cccc1[N+](=O)[O-]. The van der Waals surface area contributed by atoms with Crippen LogP contribution in [0.2, 0.25) is 10.0 Å². The van der Waals surface area contributed by atoms with E-state index >= 15 is 0 Å². The highest BCUT2D eigenvalue weighted by atomic mass is 35.5. The first-order valence-corrected chi connectivity index (χ1v) is 8.18. The molecule has 0 atom stereocenters. The quantitative estimate of drug-likeness (QED) is 0.518. The van der Waals surface area contributed by atoms with Crippen molar-refractivity contribution < 1.29 is 9.72 Å². The van der Waals surface area contributed by atoms with E-state index in [0.29, 0.717) is 27.0 Å². The number of hydrogen-bond acceptors (Lipinski definition) is 4. The van der Waals surface area contributed by atoms with Gasteiger partial charge in [0, 0.05) is 17.3 Å². The lowest BCUT2D eigenvalue weighted by Crippen LogP contribution is -2.12. The number of nitro groups is 1.